The molecular weight excluding hydrogens is 335 g/mol. The van der Waals surface area contributed by atoms with Gasteiger partial charge in [0.05, 0.1) is 13.1 Å². The van der Waals surface area contributed by atoms with E-state index in [2.05, 4.69) is 5.32 Å². The first-order valence-corrected chi connectivity index (χ1v) is 8.66. The zero-order valence-electron chi connectivity index (χ0n) is 14.4. The molecule has 0 aromatic heterocycles. The Balaban J connectivity index is 1.40. The highest BCUT2D eigenvalue weighted by Crippen LogP contribution is 2.21. The van der Waals surface area contributed by atoms with E-state index in [0.717, 1.165) is 12.8 Å². The molecule has 0 radical (unpaired) electrons. The summed E-state index contributed by atoms with van der Waals surface area (Å²) in [5.41, 5.74) is 1.79. The minimum atomic E-state index is -0.486. The van der Waals surface area contributed by atoms with Crippen LogP contribution in [0.15, 0.2) is 54.6 Å². The van der Waals surface area contributed by atoms with Crippen LogP contribution in [0.4, 0.5) is 14.9 Å². The van der Waals surface area contributed by atoms with Crippen LogP contribution in [0.3, 0.4) is 0 Å². The van der Waals surface area contributed by atoms with Gasteiger partial charge in [0.15, 0.2) is 0 Å². The lowest BCUT2D eigenvalue weighted by Gasteiger charge is -2.13. The standard InChI is InChI=1S/C20H21FN2O3/c21-16-9-11-17(12-10-16)23-14-18(26-20(23)25)13-22-19(24)8-4-7-15-5-2-1-3-6-15/h1-3,5-6,9-12,18H,4,7-8,13-14H2,(H,22,24)/t18-/m0/s1. The Morgan fingerprint density at radius 1 is 1.15 bits per heavy atom. The molecule has 26 heavy (non-hydrogen) atoms. The molecule has 1 heterocycles. The lowest BCUT2D eigenvalue weighted by Crippen LogP contribution is -2.34. The molecule has 6 heteroatoms. The molecule has 1 saturated heterocycles. The summed E-state index contributed by atoms with van der Waals surface area (Å²) in [4.78, 5) is 25.3. The minimum Gasteiger partial charge on any atom is -0.442 e. The van der Waals surface area contributed by atoms with Crippen molar-refractivity contribution in [3.05, 3.63) is 66.0 Å². The van der Waals surface area contributed by atoms with Gasteiger partial charge in [0, 0.05) is 12.1 Å². The van der Waals surface area contributed by atoms with Crippen LogP contribution < -0.4 is 10.2 Å². The van der Waals surface area contributed by atoms with E-state index in [1.54, 1.807) is 0 Å². The quantitative estimate of drug-likeness (QED) is 0.828. The van der Waals surface area contributed by atoms with Crippen LogP contribution in [0.2, 0.25) is 0 Å². The smallest absolute Gasteiger partial charge is 0.414 e. The van der Waals surface area contributed by atoms with Gasteiger partial charge in [-0.15, -0.1) is 0 Å². The van der Waals surface area contributed by atoms with Gasteiger partial charge in [-0.3, -0.25) is 9.69 Å². The van der Waals surface area contributed by atoms with Crippen LogP contribution >= 0.6 is 0 Å². The number of rotatable bonds is 7. The fourth-order valence-corrected chi connectivity index (χ4v) is 2.87. The van der Waals surface area contributed by atoms with Gasteiger partial charge in [-0.2, -0.15) is 0 Å². The van der Waals surface area contributed by atoms with E-state index in [4.69, 9.17) is 4.74 Å². The van der Waals surface area contributed by atoms with E-state index < -0.39 is 12.2 Å². The Morgan fingerprint density at radius 2 is 1.88 bits per heavy atom. The van der Waals surface area contributed by atoms with Gasteiger partial charge in [-0.05, 0) is 42.7 Å². The number of nitrogens with one attached hydrogen (secondary N) is 1. The first-order valence-electron chi connectivity index (χ1n) is 8.66. The number of carbonyl (C=O) groups is 2. The van der Waals surface area contributed by atoms with Gasteiger partial charge in [0.1, 0.15) is 11.9 Å². The SMILES string of the molecule is O=C(CCCc1ccccc1)NC[C@H]1CN(c2ccc(F)cc2)C(=O)O1. The Labute approximate surface area is 151 Å². The molecule has 5 nitrogen and oxygen atoms in total. The van der Waals surface area contributed by atoms with Crippen molar-refractivity contribution >= 4 is 17.7 Å². The summed E-state index contributed by atoms with van der Waals surface area (Å²) >= 11 is 0. The van der Waals surface area contributed by atoms with Crippen molar-refractivity contribution in [2.24, 2.45) is 0 Å². The molecule has 3 rings (SSSR count). The number of carbonyl (C=O) groups excluding carboxylic acids is 2. The molecule has 2 aromatic rings. The highest BCUT2D eigenvalue weighted by atomic mass is 19.1. The van der Waals surface area contributed by atoms with Crippen LogP contribution in [0.25, 0.3) is 0 Å². The summed E-state index contributed by atoms with van der Waals surface area (Å²) in [5.74, 6) is -0.419. The molecule has 1 atom stereocenters. The van der Waals surface area contributed by atoms with E-state index >= 15 is 0 Å². The van der Waals surface area contributed by atoms with Gasteiger partial charge < -0.3 is 10.1 Å². The number of hydrogen-bond acceptors (Lipinski definition) is 3. The van der Waals surface area contributed by atoms with Crippen molar-refractivity contribution in [3.8, 4) is 0 Å². The largest absolute Gasteiger partial charge is 0.442 e. The van der Waals surface area contributed by atoms with Crippen molar-refractivity contribution in [1.29, 1.82) is 0 Å². The Kier molecular flexibility index (Phi) is 5.84. The molecule has 0 saturated carbocycles. The second kappa shape index (κ2) is 8.47. The Morgan fingerprint density at radius 3 is 2.62 bits per heavy atom. The molecular formula is C20H21FN2O3. The third kappa shape index (κ3) is 4.81. The third-order valence-corrected chi connectivity index (χ3v) is 4.25. The van der Waals surface area contributed by atoms with E-state index in [1.165, 1.54) is 34.7 Å². The van der Waals surface area contributed by atoms with E-state index in [1.807, 2.05) is 30.3 Å². The van der Waals surface area contributed by atoms with Gasteiger partial charge in [-0.1, -0.05) is 30.3 Å². The highest BCUT2D eigenvalue weighted by molar-refractivity contribution is 5.89. The second-order valence-electron chi connectivity index (χ2n) is 6.24. The number of benzene rings is 2. The van der Waals surface area contributed by atoms with Crippen LogP contribution in [-0.4, -0.2) is 31.2 Å². The number of cyclic esters (lactones) is 1. The maximum absolute atomic E-state index is 13.0. The van der Waals surface area contributed by atoms with Crippen molar-refractivity contribution in [2.45, 2.75) is 25.4 Å². The number of halogens is 1. The maximum Gasteiger partial charge on any atom is 0.414 e. The molecule has 2 amide bonds. The third-order valence-electron chi connectivity index (χ3n) is 4.25. The lowest BCUT2D eigenvalue weighted by atomic mass is 10.1. The molecule has 1 aliphatic heterocycles. The molecule has 1 N–H and O–H groups in total. The fraction of sp³-hybridized carbons (Fsp3) is 0.300. The van der Waals surface area contributed by atoms with Crippen LogP contribution in [0.1, 0.15) is 18.4 Å². The monoisotopic (exact) mass is 356 g/mol. The predicted octanol–water partition coefficient (Wildman–Crippen LogP) is 3.29. The molecule has 136 valence electrons. The number of nitrogens with zero attached hydrogens (tertiary/aromatic N) is 1. The van der Waals surface area contributed by atoms with Gasteiger partial charge in [0.25, 0.3) is 0 Å². The van der Waals surface area contributed by atoms with Crippen molar-refractivity contribution in [1.82, 2.24) is 5.32 Å². The van der Waals surface area contributed by atoms with Crippen molar-refractivity contribution in [3.63, 3.8) is 0 Å². The van der Waals surface area contributed by atoms with E-state index in [0.29, 0.717) is 18.7 Å². The maximum atomic E-state index is 13.0. The van der Waals surface area contributed by atoms with Crippen molar-refractivity contribution in [2.75, 3.05) is 18.0 Å². The van der Waals surface area contributed by atoms with Crippen molar-refractivity contribution < 1.29 is 18.7 Å². The summed E-state index contributed by atoms with van der Waals surface area (Å²) < 4.78 is 18.2. The molecule has 0 aliphatic carbocycles. The van der Waals surface area contributed by atoms with Gasteiger partial charge >= 0.3 is 6.09 Å². The second-order valence-corrected chi connectivity index (χ2v) is 6.24. The zero-order chi connectivity index (χ0) is 18.4. The number of ether oxygens (including phenoxy) is 1. The Hall–Kier alpha value is -2.89. The average molecular weight is 356 g/mol. The molecule has 1 aliphatic rings. The number of aryl methyl sites for hydroxylation is 1. The Bertz CT molecular complexity index is 749. The summed E-state index contributed by atoms with van der Waals surface area (Å²) in [5, 5.41) is 2.81. The summed E-state index contributed by atoms with van der Waals surface area (Å²) in [6.07, 6.45) is 1.15. The first-order chi connectivity index (χ1) is 12.6. The summed E-state index contributed by atoms with van der Waals surface area (Å²) in [6, 6.07) is 15.7. The minimum absolute atomic E-state index is 0.0581. The fourth-order valence-electron chi connectivity index (χ4n) is 2.87. The van der Waals surface area contributed by atoms with Crippen LogP contribution in [0.5, 0.6) is 0 Å². The number of anilines is 1. The lowest BCUT2D eigenvalue weighted by molar-refractivity contribution is -0.121. The molecule has 1 fully saturated rings. The summed E-state index contributed by atoms with van der Waals surface area (Å²) in [7, 11) is 0. The normalized spacial score (nSPS) is 16.4. The number of amides is 2. The summed E-state index contributed by atoms with van der Waals surface area (Å²) in [6.45, 7) is 0.600. The average Bonchev–Trinajstić information content (AvgIpc) is 3.02. The van der Waals surface area contributed by atoms with Crippen LogP contribution in [-0.2, 0) is 16.0 Å². The van der Waals surface area contributed by atoms with Gasteiger partial charge in [-0.25, -0.2) is 9.18 Å². The number of hydrogen-bond donors (Lipinski definition) is 1. The van der Waals surface area contributed by atoms with E-state index in [-0.39, 0.29) is 18.3 Å². The molecule has 2 aromatic carbocycles. The first kappa shape index (κ1) is 17.9. The molecule has 0 bridgehead atoms. The predicted molar refractivity (Wildman–Crippen MR) is 96.4 cm³/mol. The molecule has 0 spiro atoms. The zero-order valence-corrected chi connectivity index (χ0v) is 14.4. The van der Waals surface area contributed by atoms with Gasteiger partial charge in [0.2, 0.25) is 5.91 Å². The highest BCUT2D eigenvalue weighted by Gasteiger charge is 2.32. The van der Waals surface area contributed by atoms with E-state index in [9.17, 15) is 14.0 Å². The van der Waals surface area contributed by atoms with Crippen LogP contribution in [0, 0.1) is 5.82 Å². The molecule has 0 unspecified atom stereocenters. The topological polar surface area (TPSA) is 58.6 Å².